The van der Waals surface area contributed by atoms with Crippen LogP contribution in [0.25, 0.3) is 0 Å². The van der Waals surface area contributed by atoms with Gasteiger partial charge in [-0.1, -0.05) is 0 Å². The van der Waals surface area contributed by atoms with Crippen LogP contribution in [0.3, 0.4) is 0 Å². The summed E-state index contributed by atoms with van der Waals surface area (Å²) >= 11 is 1.44. The number of aromatic hydroxyl groups is 1. The second kappa shape index (κ2) is 5.62. The lowest BCUT2D eigenvalue weighted by Crippen LogP contribution is -2.04. The Balaban J connectivity index is 2.18. The predicted molar refractivity (Wildman–Crippen MR) is 71.2 cm³/mol. The minimum Gasteiger partial charge on any atom is -0.507 e. The number of benzene rings is 1. The zero-order valence-electron chi connectivity index (χ0n) is 10.4. The maximum atomic E-state index is 12.4. The number of phenols is 1. The average Bonchev–Trinajstić information content (AvgIpc) is 2.89. The van der Waals surface area contributed by atoms with Gasteiger partial charge in [-0.25, -0.2) is 4.98 Å². The molecule has 20 heavy (non-hydrogen) atoms. The third-order valence-electron chi connectivity index (χ3n) is 2.60. The molecule has 2 rings (SSSR count). The first-order valence-electron chi connectivity index (χ1n) is 5.70. The number of hydrogen-bond acceptors (Lipinski definition) is 4. The van der Waals surface area contributed by atoms with Crippen LogP contribution in [-0.4, -0.2) is 16.3 Å². The van der Waals surface area contributed by atoms with E-state index in [2.05, 4.69) is 9.98 Å². The van der Waals surface area contributed by atoms with Crippen LogP contribution in [0.15, 0.2) is 34.8 Å². The van der Waals surface area contributed by atoms with E-state index in [1.807, 2.05) is 12.3 Å². The van der Waals surface area contributed by atoms with E-state index in [9.17, 15) is 18.3 Å². The van der Waals surface area contributed by atoms with E-state index >= 15 is 0 Å². The van der Waals surface area contributed by atoms with Crippen molar-refractivity contribution in [2.75, 3.05) is 0 Å². The summed E-state index contributed by atoms with van der Waals surface area (Å²) in [7, 11) is 0. The molecule has 1 aromatic heterocycles. The summed E-state index contributed by atoms with van der Waals surface area (Å²) in [4.78, 5) is 8.26. The van der Waals surface area contributed by atoms with Gasteiger partial charge in [0, 0.05) is 23.4 Å². The molecular formula is C13H11F3N2OS. The summed E-state index contributed by atoms with van der Waals surface area (Å²) in [5, 5.41) is 12.2. The fraction of sp³-hybridized carbons (Fsp3) is 0.231. The van der Waals surface area contributed by atoms with Crippen molar-refractivity contribution in [1.29, 1.82) is 0 Å². The standard InChI is InChI=1S/C13H11F3N2OS/c1-8(12-17-4-5-20-12)18-7-9-2-3-10(6-11(9)19)13(14,15)16/h2-8,19H,1H3/b18-7+. The first kappa shape index (κ1) is 14.5. The van der Waals surface area contributed by atoms with E-state index in [0.717, 1.165) is 11.1 Å². The largest absolute Gasteiger partial charge is 0.507 e. The molecule has 2 aromatic rings. The number of phenolic OH excluding ortho intramolecular Hbond substituents is 1. The number of thiazole rings is 1. The zero-order chi connectivity index (χ0) is 14.8. The first-order chi connectivity index (χ1) is 9.38. The van der Waals surface area contributed by atoms with Gasteiger partial charge in [-0.2, -0.15) is 13.2 Å². The molecule has 0 aliphatic carbocycles. The Hall–Kier alpha value is -1.89. The highest BCUT2D eigenvalue weighted by molar-refractivity contribution is 7.09. The Morgan fingerprint density at radius 2 is 2.15 bits per heavy atom. The lowest BCUT2D eigenvalue weighted by atomic mass is 10.1. The lowest BCUT2D eigenvalue weighted by molar-refractivity contribution is -0.137. The molecule has 0 spiro atoms. The monoisotopic (exact) mass is 300 g/mol. The Labute approximate surface area is 117 Å². The van der Waals surface area contributed by atoms with Crippen LogP contribution < -0.4 is 0 Å². The van der Waals surface area contributed by atoms with Gasteiger partial charge in [-0.3, -0.25) is 4.99 Å². The average molecular weight is 300 g/mol. The van der Waals surface area contributed by atoms with Crippen molar-refractivity contribution >= 4 is 17.6 Å². The summed E-state index contributed by atoms with van der Waals surface area (Å²) in [6, 6.07) is 2.58. The smallest absolute Gasteiger partial charge is 0.416 e. The van der Waals surface area contributed by atoms with Crippen LogP contribution in [0.2, 0.25) is 0 Å². The van der Waals surface area contributed by atoms with Gasteiger partial charge in [-0.05, 0) is 25.1 Å². The molecular weight excluding hydrogens is 289 g/mol. The third-order valence-corrected chi connectivity index (χ3v) is 3.55. The highest BCUT2D eigenvalue weighted by Crippen LogP contribution is 2.32. The highest BCUT2D eigenvalue weighted by atomic mass is 32.1. The Bertz CT molecular complexity index is 609. The maximum absolute atomic E-state index is 12.4. The maximum Gasteiger partial charge on any atom is 0.416 e. The van der Waals surface area contributed by atoms with Crippen molar-refractivity contribution in [1.82, 2.24) is 4.98 Å². The second-order valence-electron chi connectivity index (χ2n) is 4.10. The molecule has 0 fully saturated rings. The Kier molecular flexibility index (Phi) is 4.08. The van der Waals surface area contributed by atoms with Crippen molar-refractivity contribution in [3.05, 3.63) is 45.9 Å². The van der Waals surface area contributed by atoms with E-state index < -0.39 is 17.5 Å². The summed E-state index contributed by atoms with van der Waals surface area (Å²) in [6.45, 7) is 1.82. The third kappa shape index (κ3) is 3.36. The molecule has 0 saturated heterocycles. The fourth-order valence-corrected chi connectivity index (χ4v) is 2.17. The van der Waals surface area contributed by atoms with E-state index in [1.54, 1.807) is 6.20 Å². The molecule has 0 aliphatic heterocycles. The Morgan fingerprint density at radius 3 is 2.70 bits per heavy atom. The number of hydrogen-bond donors (Lipinski definition) is 1. The van der Waals surface area contributed by atoms with Gasteiger partial charge < -0.3 is 5.11 Å². The van der Waals surface area contributed by atoms with Gasteiger partial charge in [0.2, 0.25) is 0 Å². The molecule has 7 heteroatoms. The van der Waals surface area contributed by atoms with Crippen molar-refractivity contribution < 1.29 is 18.3 Å². The zero-order valence-corrected chi connectivity index (χ0v) is 11.2. The molecule has 1 heterocycles. The van der Waals surface area contributed by atoms with Crippen LogP contribution in [0.4, 0.5) is 13.2 Å². The van der Waals surface area contributed by atoms with Crippen molar-refractivity contribution in [3.8, 4) is 5.75 Å². The van der Waals surface area contributed by atoms with E-state index in [4.69, 9.17) is 0 Å². The predicted octanol–water partition coefficient (Wildman–Crippen LogP) is 4.05. The SMILES string of the molecule is CC(/N=C/c1ccc(C(F)(F)F)cc1O)c1nccs1. The topological polar surface area (TPSA) is 45.5 Å². The van der Waals surface area contributed by atoms with Crippen LogP contribution >= 0.6 is 11.3 Å². The van der Waals surface area contributed by atoms with Crippen molar-refractivity contribution in [2.45, 2.75) is 19.1 Å². The molecule has 3 nitrogen and oxygen atoms in total. The number of halogens is 3. The summed E-state index contributed by atoms with van der Waals surface area (Å²) in [5.41, 5.74) is -0.651. The Morgan fingerprint density at radius 1 is 1.40 bits per heavy atom. The molecule has 0 radical (unpaired) electrons. The molecule has 0 bridgehead atoms. The normalized spacial score (nSPS) is 13.8. The summed E-state index contributed by atoms with van der Waals surface area (Å²) in [6.07, 6.45) is -1.47. The van der Waals surface area contributed by atoms with Crippen LogP contribution in [0.1, 0.15) is 29.1 Å². The van der Waals surface area contributed by atoms with E-state index in [1.165, 1.54) is 23.6 Å². The molecule has 0 aliphatic rings. The molecule has 106 valence electrons. The van der Waals surface area contributed by atoms with Crippen molar-refractivity contribution in [3.63, 3.8) is 0 Å². The minimum absolute atomic E-state index is 0.211. The second-order valence-corrected chi connectivity index (χ2v) is 5.02. The minimum atomic E-state index is -4.47. The van der Waals surface area contributed by atoms with Crippen LogP contribution in [-0.2, 0) is 6.18 Å². The summed E-state index contributed by atoms with van der Waals surface area (Å²) in [5.74, 6) is -0.449. The number of nitrogens with zero attached hydrogens (tertiary/aromatic N) is 2. The number of alkyl halides is 3. The van der Waals surface area contributed by atoms with E-state index in [-0.39, 0.29) is 11.6 Å². The molecule has 0 saturated carbocycles. The molecule has 1 atom stereocenters. The van der Waals surface area contributed by atoms with Gasteiger partial charge in [-0.15, -0.1) is 11.3 Å². The fourth-order valence-electron chi connectivity index (χ4n) is 1.53. The molecule has 1 unspecified atom stereocenters. The van der Waals surface area contributed by atoms with Crippen LogP contribution in [0.5, 0.6) is 5.75 Å². The molecule has 0 amide bonds. The van der Waals surface area contributed by atoms with Gasteiger partial charge in [0.25, 0.3) is 0 Å². The highest BCUT2D eigenvalue weighted by Gasteiger charge is 2.30. The van der Waals surface area contributed by atoms with Crippen molar-refractivity contribution in [2.24, 2.45) is 4.99 Å². The lowest BCUT2D eigenvalue weighted by Gasteiger charge is -2.08. The van der Waals surface area contributed by atoms with Gasteiger partial charge >= 0.3 is 6.18 Å². The number of rotatable bonds is 3. The van der Waals surface area contributed by atoms with E-state index in [0.29, 0.717) is 6.07 Å². The summed E-state index contributed by atoms with van der Waals surface area (Å²) < 4.78 is 37.3. The molecule has 1 aromatic carbocycles. The van der Waals surface area contributed by atoms with Gasteiger partial charge in [0.05, 0.1) is 11.6 Å². The number of aromatic nitrogens is 1. The molecule has 1 N–H and O–H groups in total. The quantitative estimate of drug-likeness (QED) is 0.869. The van der Waals surface area contributed by atoms with Crippen LogP contribution in [0, 0.1) is 0 Å². The first-order valence-corrected chi connectivity index (χ1v) is 6.58. The number of aliphatic imine (C=N–C) groups is 1. The van der Waals surface area contributed by atoms with Gasteiger partial charge in [0.15, 0.2) is 0 Å². The van der Waals surface area contributed by atoms with Gasteiger partial charge in [0.1, 0.15) is 10.8 Å².